The highest BCUT2D eigenvalue weighted by Gasteiger charge is 2.54. The maximum Gasteiger partial charge on any atom is 0.466 e. The molecule has 1 aliphatic heterocycles. The number of halogens is 1. The third kappa shape index (κ3) is 3.78. The van der Waals surface area contributed by atoms with Crippen LogP contribution in [0.25, 0.3) is 0 Å². The van der Waals surface area contributed by atoms with Crippen molar-refractivity contribution in [3.8, 4) is 5.75 Å². The van der Waals surface area contributed by atoms with Crippen LogP contribution in [0, 0.1) is 0 Å². The minimum absolute atomic E-state index is 0.144. The predicted octanol–water partition coefficient (Wildman–Crippen LogP) is 3.74. The molecule has 2 rings (SSSR count). The molecule has 5 nitrogen and oxygen atoms in total. The SMILES string of the molecule is COC(=O)CC(B1OC(C)(C)C(C)(C)O1)c1ccc(Br)cc1OC. The Morgan fingerprint density at radius 1 is 1.21 bits per heavy atom. The molecule has 1 saturated heterocycles. The van der Waals surface area contributed by atoms with Crippen LogP contribution in [-0.4, -0.2) is 38.5 Å². The molecule has 1 fully saturated rings. The number of benzene rings is 1. The fraction of sp³-hybridized carbons (Fsp3) is 0.588. The van der Waals surface area contributed by atoms with Gasteiger partial charge in [-0.1, -0.05) is 22.0 Å². The number of carbonyl (C=O) groups excluding carboxylic acids is 1. The molecule has 0 saturated carbocycles. The highest BCUT2D eigenvalue weighted by Crippen LogP contribution is 2.43. The van der Waals surface area contributed by atoms with Crippen LogP contribution < -0.4 is 4.74 Å². The van der Waals surface area contributed by atoms with E-state index >= 15 is 0 Å². The van der Waals surface area contributed by atoms with Gasteiger partial charge in [-0.05, 0) is 45.4 Å². The van der Waals surface area contributed by atoms with Crippen LogP contribution >= 0.6 is 15.9 Å². The van der Waals surface area contributed by atoms with Gasteiger partial charge in [-0.25, -0.2) is 0 Å². The Bertz CT molecular complexity index is 601. The van der Waals surface area contributed by atoms with Gasteiger partial charge in [0.25, 0.3) is 0 Å². The topological polar surface area (TPSA) is 54.0 Å². The molecule has 0 aliphatic carbocycles. The zero-order chi connectivity index (χ0) is 18.1. The van der Waals surface area contributed by atoms with Crippen LogP contribution in [0.1, 0.15) is 45.5 Å². The first kappa shape index (κ1) is 19.3. The lowest BCUT2D eigenvalue weighted by Gasteiger charge is -2.32. The molecule has 0 amide bonds. The van der Waals surface area contributed by atoms with Gasteiger partial charge >= 0.3 is 13.1 Å². The van der Waals surface area contributed by atoms with Gasteiger partial charge in [0, 0.05) is 10.3 Å². The molecule has 7 heteroatoms. The lowest BCUT2D eigenvalue weighted by molar-refractivity contribution is -0.140. The van der Waals surface area contributed by atoms with E-state index in [1.54, 1.807) is 7.11 Å². The molecule has 0 N–H and O–H groups in total. The van der Waals surface area contributed by atoms with Crippen LogP contribution in [-0.2, 0) is 18.8 Å². The number of carbonyl (C=O) groups is 1. The largest absolute Gasteiger partial charge is 0.496 e. The summed E-state index contributed by atoms with van der Waals surface area (Å²) in [6.45, 7) is 7.95. The van der Waals surface area contributed by atoms with Crippen LogP contribution in [0.4, 0.5) is 0 Å². The Morgan fingerprint density at radius 3 is 2.29 bits per heavy atom. The van der Waals surface area contributed by atoms with Crippen LogP contribution in [0.5, 0.6) is 5.75 Å². The zero-order valence-corrected chi connectivity index (χ0v) is 16.6. The molecule has 1 aromatic carbocycles. The predicted molar refractivity (Wildman–Crippen MR) is 96.2 cm³/mol. The van der Waals surface area contributed by atoms with Gasteiger partial charge in [-0.15, -0.1) is 0 Å². The Balaban J connectivity index is 2.42. The van der Waals surface area contributed by atoms with Crippen molar-refractivity contribution in [2.75, 3.05) is 14.2 Å². The number of hydrogen-bond donors (Lipinski definition) is 0. The summed E-state index contributed by atoms with van der Waals surface area (Å²) in [6, 6.07) is 5.69. The van der Waals surface area contributed by atoms with E-state index in [1.807, 2.05) is 45.9 Å². The molecule has 1 heterocycles. The molecular weight excluding hydrogens is 375 g/mol. The summed E-state index contributed by atoms with van der Waals surface area (Å²) < 4.78 is 23.6. The normalized spacial score (nSPS) is 19.9. The molecule has 0 aromatic heterocycles. The second kappa shape index (κ2) is 7.06. The number of hydrogen-bond acceptors (Lipinski definition) is 5. The van der Waals surface area contributed by atoms with Gasteiger partial charge in [0.15, 0.2) is 0 Å². The first-order valence-corrected chi connectivity index (χ1v) is 8.66. The van der Waals surface area contributed by atoms with Crippen LogP contribution in [0.15, 0.2) is 22.7 Å². The fourth-order valence-electron chi connectivity index (χ4n) is 2.66. The smallest absolute Gasteiger partial charge is 0.466 e. The summed E-state index contributed by atoms with van der Waals surface area (Å²) in [7, 11) is 2.41. The van der Waals surface area contributed by atoms with Crippen molar-refractivity contribution in [3.05, 3.63) is 28.2 Å². The average Bonchev–Trinajstić information content (AvgIpc) is 2.72. The summed E-state index contributed by atoms with van der Waals surface area (Å²) in [5, 5.41) is 0. The highest BCUT2D eigenvalue weighted by molar-refractivity contribution is 9.10. The second-order valence-electron chi connectivity index (χ2n) is 6.90. The summed E-state index contributed by atoms with van der Waals surface area (Å²) in [5.74, 6) is 0.0224. The standard InChI is InChI=1S/C17H24BBrO5/c1-16(2)17(3,4)24-18(23-16)13(10-15(20)22-6)12-8-7-11(19)9-14(12)21-5/h7-9,13H,10H2,1-6H3. The van der Waals surface area contributed by atoms with Crippen molar-refractivity contribution < 1.29 is 23.6 Å². The van der Waals surface area contributed by atoms with Crippen LogP contribution in [0.2, 0.25) is 0 Å². The van der Waals surface area contributed by atoms with E-state index in [0.29, 0.717) is 5.75 Å². The van der Waals surface area contributed by atoms with Crippen molar-refractivity contribution >= 4 is 29.0 Å². The molecule has 0 spiro atoms. The molecule has 1 unspecified atom stereocenters. The summed E-state index contributed by atoms with van der Waals surface area (Å²) in [4.78, 5) is 12.0. The quantitative estimate of drug-likeness (QED) is 0.558. The Labute approximate surface area is 152 Å². The van der Waals surface area contributed by atoms with Crippen molar-refractivity contribution in [1.29, 1.82) is 0 Å². The number of rotatable bonds is 5. The molecule has 1 aromatic rings. The molecule has 1 atom stereocenters. The van der Waals surface area contributed by atoms with Crippen molar-refractivity contribution in [2.24, 2.45) is 0 Å². The Hall–Kier alpha value is -1.05. The molecule has 0 radical (unpaired) electrons. The number of methoxy groups -OCH3 is 2. The Morgan fingerprint density at radius 2 is 1.79 bits per heavy atom. The van der Waals surface area contributed by atoms with Crippen molar-refractivity contribution in [2.45, 2.75) is 51.1 Å². The van der Waals surface area contributed by atoms with E-state index < -0.39 is 18.3 Å². The van der Waals surface area contributed by atoms with Gasteiger partial charge in [-0.3, -0.25) is 4.79 Å². The van der Waals surface area contributed by atoms with E-state index in [9.17, 15) is 4.79 Å². The lowest BCUT2D eigenvalue weighted by Crippen LogP contribution is -2.41. The fourth-order valence-corrected chi connectivity index (χ4v) is 3.00. The van der Waals surface area contributed by atoms with Gasteiger partial charge in [0.2, 0.25) is 0 Å². The third-order valence-corrected chi connectivity index (χ3v) is 5.30. The minimum Gasteiger partial charge on any atom is -0.496 e. The van der Waals surface area contributed by atoms with E-state index in [-0.39, 0.29) is 18.2 Å². The molecule has 24 heavy (non-hydrogen) atoms. The minimum atomic E-state index is -0.566. The molecule has 1 aliphatic rings. The zero-order valence-electron chi connectivity index (χ0n) is 15.0. The third-order valence-electron chi connectivity index (χ3n) is 4.81. The number of esters is 1. The van der Waals surface area contributed by atoms with Crippen molar-refractivity contribution in [3.63, 3.8) is 0 Å². The molecule has 0 bridgehead atoms. The van der Waals surface area contributed by atoms with Crippen molar-refractivity contribution in [1.82, 2.24) is 0 Å². The summed E-state index contributed by atoms with van der Waals surface area (Å²) in [5.41, 5.74) is -0.104. The maximum atomic E-state index is 12.0. The van der Waals surface area contributed by atoms with Gasteiger partial charge in [-0.2, -0.15) is 0 Å². The first-order valence-electron chi connectivity index (χ1n) is 7.87. The van der Waals surface area contributed by atoms with E-state index in [0.717, 1.165) is 10.0 Å². The maximum absolute atomic E-state index is 12.0. The lowest BCUT2D eigenvalue weighted by atomic mass is 9.66. The second-order valence-corrected chi connectivity index (χ2v) is 7.81. The van der Waals surface area contributed by atoms with E-state index in [1.165, 1.54) is 7.11 Å². The van der Waals surface area contributed by atoms with Gasteiger partial charge < -0.3 is 18.8 Å². The average molecular weight is 399 g/mol. The monoisotopic (exact) mass is 398 g/mol. The van der Waals surface area contributed by atoms with Crippen LogP contribution in [0.3, 0.4) is 0 Å². The first-order chi connectivity index (χ1) is 11.1. The summed E-state index contributed by atoms with van der Waals surface area (Å²) in [6.07, 6.45) is 0.144. The van der Waals surface area contributed by atoms with E-state index in [4.69, 9.17) is 18.8 Å². The summed E-state index contributed by atoms with van der Waals surface area (Å²) >= 11 is 3.44. The van der Waals surface area contributed by atoms with Gasteiger partial charge in [0.1, 0.15) is 5.75 Å². The van der Waals surface area contributed by atoms with Gasteiger partial charge in [0.05, 0.1) is 31.8 Å². The Kier molecular flexibility index (Phi) is 5.67. The van der Waals surface area contributed by atoms with E-state index in [2.05, 4.69) is 15.9 Å². The highest BCUT2D eigenvalue weighted by atomic mass is 79.9. The molecular formula is C17H24BBrO5. The number of ether oxygens (including phenoxy) is 2. The molecule has 132 valence electrons.